The molecule has 0 bridgehead atoms. The number of primary sulfonamides is 1. The highest BCUT2D eigenvalue weighted by Gasteiger charge is 2.17. The summed E-state index contributed by atoms with van der Waals surface area (Å²) in [4.78, 5) is 4.19. The fourth-order valence-corrected chi connectivity index (χ4v) is 3.04. The second-order valence-corrected chi connectivity index (χ2v) is 6.77. The molecule has 2 aromatic rings. The van der Waals surface area contributed by atoms with Gasteiger partial charge in [0.1, 0.15) is 16.4 Å². The van der Waals surface area contributed by atoms with Gasteiger partial charge in [0.05, 0.1) is 11.0 Å². The summed E-state index contributed by atoms with van der Waals surface area (Å²) in [6, 6.07) is 6.11. The van der Waals surface area contributed by atoms with Gasteiger partial charge in [0.15, 0.2) is 0 Å². The van der Waals surface area contributed by atoms with Crippen molar-refractivity contribution in [1.82, 2.24) is 4.98 Å². The van der Waals surface area contributed by atoms with Crippen LogP contribution < -0.4 is 9.88 Å². The minimum Gasteiger partial charge on any atom is -0.488 e. The second kappa shape index (κ2) is 6.17. The SMILES string of the molecule is CCCC(C)Oc1ccc(S(N)(=O)=O)c2ccc(Cl)nc12. The normalized spacial score (nSPS) is 13.3. The number of hydrogen-bond donors (Lipinski definition) is 1. The number of fused-ring (bicyclic) bond motifs is 1. The lowest BCUT2D eigenvalue weighted by Gasteiger charge is -2.16. The van der Waals surface area contributed by atoms with Crippen LogP contribution in [0.1, 0.15) is 26.7 Å². The summed E-state index contributed by atoms with van der Waals surface area (Å²) in [6.07, 6.45) is 1.88. The zero-order chi connectivity index (χ0) is 15.6. The van der Waals surface area contributed by atoms with Gasteiger partial charge in [-0.15, -0.1) is 0 Å². The van der Waals surface area contributed by atoms with Crippen molar-refractivity contribution in [2.75, 3.05) is 0 Å². The first-order valence-electron chi connectivity index (χ1n) is 6.61. The van der Waals surface area contributed by atoms with Crippen molar-refractivity contribution >= 4 is 32.5 Å². The van der Waals surface area contributed by atoms with E-state index in [4.69, 9.17) is 21.5 Å². The molecule has 1 heterocycles. The predicted octanol–water partition coefficient (Wildman–Crippen LogP) is 3.10. The van der Waals surface area contributed by atoms with E-state index in [2.05, 4.69) is 11.9 Å². The molecular formula is C14H17ClN2O3S. The number of rotatable bonds is 5. The van der Waals surface area contributed by atoms with Crippen LogP contribution in [0.25, 0.3) is 10.9 Å². The Morgan fingerprint density at radius 2 is 2.05 bits per heavy atom. The predicted molar refractivity (Wildman–Crippen MR) is 83.1 cm³/mol. The molecule has 0 spiro atoms. The van der Waals surface area contributed by atoms with Gasteiger partial charge in [-0.05, 0) is 37.6 Å². The number of nitrogens with two attached hydrogens (primary N) is 1. The lowest BCUT2D eigenvalue weighted by Crippen LogP contribution is -2.14. The number of nitrogens with zero attached hydrogens (tertiary/aromatic N) is 1. The molecule has 1 unspecified atom stereocenters. The fourth-order valence-electron chi connectivity index (χ4n) is 2.17. The number of sulfonamides is 1. The van der Waals surface area contributed by atoms with E-state index in [9.17, 15) is 8.42 Å². The molecule has 2 rings (SSSR count). The molecule has 7 heteroatoms. The Kier molecular flexibility index (Phi) is 4.70. The third-order valence-corrected chi connectivity index (χ3v) is 4.26. The first kappa shape index (κ1) is 16.0. The van der Waals surface area contributed by atoms with Crippen molar-refractivity contribution in [2.24, 2.45) is 5.14 Å². The standard InChI is InChI=1S/C14H17ClN2O3S/c1-3-4-9(2)20-11-6-7-12(21(16,18)19)10-5-8-13(15)17-14(10)11/h5-9H,3-4H2,1-2H3,(H2,16,18,19). The molecule has 0 fully saturated rings. The van der Waals surface area contributed by atoms with Gasteiger partial charge in [-0.1, -0.05) is 24.9 Å². The Balaban J connectivity index is 2.61. The molecule has 0 aliphatic heterocycles. The van der Waals surface area contributed by atoms with Gasteiger partial charge in [0, 0.05) is 5.39 Å². The van der Waals surface area contributed by atoms with Crippen LogP contribution in [0, 0.1) is 0 Å². The van der Waals surface area contributed by atoms with Gasteiger partial charge in [0.2, 0.25) is 10.0 Å². The van der Waals surface area contributed by atoms with Crippen LogP contribution in [0.5, 0.6) is 5.75 Å². The van der Waals surface area contributed by atoms with Crippen molar-refractivity contribution in [1.29, 1.82) is 0 Å². The number of ether oxygens (including phenoxy) is 1. The van der Waals surface area contributed by atoms with Crippen molar-refractivity contribution in [2.45, 2.75) is 37.7 Å². The van der Waals surface area contributed by atoms with Crippen LogP contribution in [0.4, 0.5) is 0 Å². The van der Waals surface area contributed by atoms with Crippen molar-refractivity contribution in [3.05, 3.63) is 29.4 Å². The third kappa shape index (κ3) is 3.64. The van der Waals surface area contributed by atoms with Gasteiger partial charge < -0.3 is 4.74 Å². The number of halogens is 1. The summed E-state index contributed by atoms with van der Waals surface area (Å²) < 4.78 is 29.1. The molecular weight excluding hydrogens is 312 g/mol. The molecule has 114 valence electrons. The second-order valence-electron chi connectivity index (χ2n) is 4.85. The maximum absolute atomic E-state index is 11.6. The Bertz CT molecular complexity index is 762. The Hall–Kier alpha value is -1.37. The minimum absolute atomic E-state index is 0.000634. The van der Waals surface area contributed by atoms with Gasteiger partial charge in [-0.2, -0.15) is 0 Å². The first-order chi connectivity index (χ1) is 9.82. The third-order valence-electron chi connectivity index (χ3n) is 3.08. The molecule has 2 N–H and O–H groups in total. The molecule has 0 saturated carbocycles. The average Bonchev–Trinajstić information content (AvgIpc) is 2.38. The van der Waals surface area contributed by atoms with Gasteiger partial charge >= 0.3 is 0 Å². The highest BCUT2D eigenvalue weighted by molar-refractivity contribution is 7.89. The fraction of sp³-hybridized carbons (Fsp3) is 0.357. The Morgan fingerprint density at radius 1 is 1.33 bits per heavy atom. The largest absolute Gasteiger partial charge is 0.488 e. The summed E-state index contributed by atoms with van der Waals surface area (Å²) in [5, 5.41) is 5.90. The van der Waals surface area contributed by atoms with E-state index in [1.54, 1.807) is 12.1 Å². The van der Waals surface area contributed by atoms with Crippen LogP contribution in [-0.2, 0) is 10.0 Å². The monoisotopic (exact) mass is 328 g/mol. The van der Waals surface area contributed by atoms with Crippen LogP contribution in [0.2, 0.25) is 5.15 Å². The summed E-state index contributed by atoms with van der Waals surface area (Å²) in [7, 11) is -3.84. The summed E-state index contributed by atoms with van der Waals surface area (Å²) in [6.45, 7) is 4.02. The maximum atomic E-state index is 11.6. The molecule has 1 atom stereocenters. The summed E-state index contributed by atoms with van der Waals surface area (Å²) >= 11 is 5.91. The number of pyridine rings is 1. The average molecular weight is 329 g/mol. The van der Waals surface area contributed by atoms with Crippen molar-refractivity contribution < 1.29 is 13.2 Å². The molecule has 1 aromatic carbocycles. The molecule has 0 amide bonds. The molecule has 0 saturated heterocycles. The highest BCUT2D eigenvalue weighted by Crippen LogP contribution is 2.31. The zero-order valence-corrected chi connectivity index (χ0v) is 13.4. The van der Waals surface area contributed by atoms with Crippen molar-refractivity contribution in [3.8, 4) is 5.75 Å². The Labute approximate surface area is 129 Å². The number of benzene rings is 1. The first-order valence-corrected chi connectivity index (χ1v) is 8.54. The van der Waals surface area contributed by atoms with E-state index < -0.39 is 10.0 Å². The summed E-state index contributed by atoms with van der Waals surface area (Å²) in [5.74, 6) is 0.501. The molecule has 0 aliphatic carbocycles. The highest BCUT2D eigenvalue weighted by atomic mass is 35.5. The lowest BCUT2D eigenvalue weighted by atomic mass is 10.2. The van der Waals surface area contributed by atoms with Gasteiger partial charge in [-0.3, -0.25) is 0 Å². The lowest BCUT2D eigenvalue weighted by molar-refractivity contribution is 0.212. The molecule has 0 aliphatic rings. The van der Waals surface area contributed by atoms with E-state index in [0.717, 1.165) is 12.8 Å². The molecule has 21 heavy (non-hydrogen) atoms. The minimum atomic E-state index is -3.84. The van der Waals surface area contributed by atoms with E-state index in [1.807, 2.05) is 6.92 Å². The van der Waals surface area contributed by atoms with Crippen LogP contribution in [-0.4, -0.2) is 19.5 Å². The Morgan fingerprint density at radius 3 is 2.67 bits per heavy atom. The van der Waals surface area contributed by atoms with E-state index in [0.29, 0.717) is 16.7 Å². The van der Waals surface area contributed by atoms with Gasteiger partial charge in [0.25, 0.3) is 0 Å². The van der Waals surface area contributed by atoms with Gasteiger partial charge in [-0.25, -0.2) is 18.5 Å². The molecule has 0 radical (unpaired) electrons. The topological polar surface area (TPSA) is 82.3 Å². The molecule has 5 nitrogen and oxygen atoms in total. The number of hydrogen-bond acceptors (Lipinski definition) is 4. The van der Waals surface area contributed by atoms with E-state index >= 15 is 0 Å². The van der Waals surface area contributed by atoms with E-state index in [-0.39, 0.29) is 16.2 Å². The number of aromatic nitrogens is 1. The zero-order valence-electron chi connectivity index (χ0n) is 11.8. The van der Waals surface area contributed by atoms with E-state index in [1.165, 1.54) is 12.1 Å². The summed E-state index contributed by atoms with van der Waals surface area (Å²) in [5.41, 5.74) is 0.400. The van der Waals surface area contributed by atoms with Crippen molar-refractivity contribution in [3.63, 3.8) is 0 Å². The van der Waals surface area contributed by atoms with Crippen LogP contribution in [0.3, 0.4) is 0 Å². The quantitative estimate of drug-likeness (QED) is 0.855. The molecule has 1 aromatic heterocycles. The maximum Gasteiger partial charge on any atom is 0.238 e. The van der Waals surface area contributed by atoms with Crippen LogP contribution in [0.15, 0.2) is 29.2 Å². The smallest absolute Gasteiger partial charge is 0.238 e. The van der Waals surface area contributed by atoms with Crippen LogP contribution >= 0.6 is 11.6 Å².